The Morgan fingerprint density at radius 3 is 2.71 bits per heavy atom. The predicted octanol–water partition coefficient (Wildman–Crippen LogP) is 3.46. The van der Waals surface area contributed by atoms with Gasteiger partial charge in [-0.25, -0.2) is 5.06 Å². The molecule has 0 aromatic rings. The first-order valence-electron chi connectivity index (χ1n) is 6.67. The molecule has 0 aromatic carbocycles. The number of carbonyl (C=O) groups excluding carboxylic acids is 1. The lowest BCUT2D eigenvalue weighted by atomic mass is 10.0. The minimum Gasteiger partial charge on any atom is -0.274 e. The summed E-state index contributed by atoms with van der Waals surface area (Å²) in [6, 6.07) is 0.128. The Bertz CT molecular complexity index is 273. The molecule has 3 nitrogen and oxygen atoms in total. The highest BCUT2D eigenvalue weighted by Gasteiger charge is 2.20. The molecule has 0 radical (unpaired) electrons. The van der Waals surface area contributed by atoms with Crippen LogP contribution in [0.1, 0.15) is 58.8 Å². The first-order valence-corrected chi connectivity index (χ1v) is 6.67. The van der Waals surface area contributed by atoms with Crippen LogP contribution in [-0.2, 0) is 9.63 Å². The summed E-state index contributed by atoms with van der Waals surface area (Å²) in [4.78, 5) is 17.2. The molecule has 3 heteroatoms. The Labute approximate surface area is 105 Å². The highest BCUT2D eigenvalue weighted by atomic mass is 16.7. The highest BCUT2D eigenvalue weighted by molar-refractivity contribution is 5.75. The van der Waals surface area contributed by atoms with Gasteiger partial charge in [0.2, 0.25) is 5.91 Å². The fourth-order valence-electron chi connectivity index (χ4n) is 2.39. The summed E-state index contributed by atoms with van der Waals surface area (Å²) in [5.41, 5.74) is 1.35. The maximum absolute atomic E-state index is 12.0. The molecule has 0 aliphatic carbocycles. The van der Waals surface area contributed by atoms with E-state index in [0.29, 0.717) is 6.42 Å². The van der Waals surface area contributed by atoms with Crippen molar-refractivity contribution in [1.29, 1.82) is 0 Å². The Kier molecular flexibility index (Phi) is 6.27. The van der Waals surface area contributed by atoms with Gasteiger partial charge in [-0.1, -0.05) is 24.5 Å². The van der Waals surface area contributed by atoms with E-state index < -0.39 is 0 Å². The number of amides is 1. The molecule has 98 valence electrons. The van der Waals surface area contributed by atoms with Gasteiger partial charge in [-0.3, -0.25) is 9.63 Å². The zero-order valence-corrected chi connectivity index (χ0v) is 11.4. The van der Waals surface area contributed by atoms with Crippen LogP contribution in [0.5, 0.6) is 0 Å². The molecule has 0 spiro atoms. The van der Waals surface area contributed by atoms with Crippen LogP contribution in [0.25, 0.3) is 0 Å². The summed E-state index contributed by atoms with van der Waals surface area (Å²) in [6.07, 6.45) is 9.57. The van der Waals surface area contributed by atoms with Crippen LogP contribution in [0.15, 0.2) is 11.6 Å². The lowest BCUT2D eigenvalue weighted by Crippen LogP contribution is -2.37. The summed E-state index contributed by atoms with van der Waals surface area (Å²) in [7, 11) is 1.58. The number of hydroxylamine groups is 2. The van der Waals surface area contributed by atoms with Crippen LogP contribution in [0.2, 0.25) is 0 Å². The van der Waals surface area contributed by atoms with Gasteiger partial charge in [-0.05, 0) is 39.5 Å². The Hall–Kier alpha value is -0.830. The third kappa shape index (κ3) is 4.90. The molecule has 0 saturated carbocycles. The van der Waals surface area contributed by atoms with Crippen LogP contribution in [-0.4, -0.2) is 24.1 Å². The van der Waals surface area contributed by atoms with E-state index in [1.165, 1.54) is 24.8 Å². The molecule has 0 saturated heterocycles. The lowest BCUT2D eigenvalue weighted by molar-refractivity contribution is -0.186. The fraction of sp³-hybridized carbons (Fsp3) is 0.786. The second-order valence-corrected chi connectivity index (χ2v) is 4.96. The van der Waals surface area contributed by atoms with Crippen molar-refractivity contribution >= 4 is 5.91 Å². The van der Waals surface area contributed by atoms with E-state index in [-0.39, 0.29) is 11.9 Å². The highest BCUT2D eigenvalue weighted by Crippen LogP contribution is 2.17. The van der Waals surface area contributed by atoms with Crippen molar-refractivity contribution in [3.8, 4) is 0 Å². The molecule has 0 fully saturated rings. The van der Waals surface area contributed by atoms with Gasteiger partial charge in [0.25, 0.3) is 0 Å². The van der Waals surface area contributed by atoms with Gasteiger partial charge in [0.05, 0.1) is 13.2 Å². The molecule has 0 N–H and O–H groups in total. The molecule has 1 unspecified atom stereocenters. The lowest BCUT2D eigenvalue weighted by Gasteiger charge is -2.27. The van der Waals surface area contributed by atoms with Crippen molar-refractivity contribution in [2.75, 3.05) is 7.11 Å². The van der Waals surface area contributed by atoms with E-state index in [1.54, 1.807) is 12.2 Å². The first kappa shape index (κ1) is 14.2. The van der Waals surface area contributed by atoms with E-state index in [9.17, 15) is 4.79 Å². The normalized spacial score (nSPS) is 27.9. The van der Waals surface area contributed by atoms with Crippen molar-refractivity contribution in [1.82, 2.24) is 5.06 Å². The second kappa shape index (κ2) is 7.49. The zero-order chi connectivity index (χ0) is 12.7. The van der Waals surface area contributed by atoms with Gasteiger partial charge >= 0.3 is 0 Å². The quantitative estimate of drug-likeness (QED) is 0.656. The molecule has 0 bridgehead atoms. The Balaban J connectivity index is 2.68. The van der Waals surface area contributed by atoms with Crippen molar-refractivity contribution in [2.24, 2.45) is 0 Å². The second-order valence-electron chi connectivity index (χ2n) is 4.96. The van der Waals surface area contributed by atoms with Crippen LogP contribution in [0, 0.1) is 0 Å². The average molecular weight is 239 g/mol. The van der Waals surface area contributed by atoms with Crippen molar-refractivity contribution < 1.29 is 9.63 Å². The van der Waals surface area contributed by atoms with Gasteiger partial charge in [0.1, 0.15) is 0 Å². The smallest absolute Gasteiger partial charge is 0.246 e. The molecule has 1 aliphatic heterocycles. The standard InChI is InChI=1S/C14H25NO2/c1-12-9-7-5-4-6-8-10-14(16)15(17-3)13(2)11-12/h9,13H,4-8,10-11H2,1-3H3/b12-9-. The topological polar surface area (TPSA) is 29.5 Å². The van der Waals surface area contributed by atoms with Crippen LogP contribution >= 0.6 is 0 Å². The summed E-state index contributed by atoms with van der Waals surface area (Å²) < 4.78 is 0. The minimum absolute atomic E-state index is 0.119. The van der Waals surface area contributed by atoms with Gasteiger partial charge in [-0.2, -0.15) is 0 Å². The summed E-state index contributed by atoms with van der Waals surface area (Å²) >= 11 is 0. The van der Waals surface area contributed by atoms with E-state index >= 15 is 0 Å². The van der Waals surface area contributed by atoms with Crippen LogP contribution in [0.3, 0.4) is 0 Å². The molecular formula is C14H25NO2. The number of rotatable bonds is 1. The zero-order valence-electron chi connectivity index (χ0n) is 11.4. The average Bonchev–Trinajstić information content (AvgIpc) is 2.27. The Morgan fingerprint density at radius 2 is 2.00 bits per heavy atom. The molecule has 0 aromatic heterocycles. The van der Waals surface area contributed by atoms with Gasteiger partial charge < -0.3 is 0 Å². The molecular weight excluding hydrogens is 214 g/mol. The Morgan fingerprint density at radius 1 is 1.29 bits per heavy atom. The number of hydrogen-bond donors (Lipinski definition) is 0. The monoisotopic (exact) mass is 239 g/mol. The molecule has 1 rings (SSSR count). The van der Waals surface area contributed by atoms with Crippen molar-refractivity contribution in [3.63, 3.8) is 0 Å². The largest absolute Gasteiger partial charge is 0.274 e. The third-order valence-corrected chi connectivity index (χ3v) is 3.30. The molecule has 1 heterocycles. The number of hydrogen-bond acceptors (Lipinski definition) is 2. The van der Waals surface area contributed by atoms with Crippen molar-refractivity contribution in [2.45, 2.75) is 64.8 Å². The SMILES string of the molecule is CON1C(=O)CCCCCC/C=C(/C)CC1C. The maximum Gasteiger partial charge on any atom is 0.246 e. The van der Waals surface area contributed by atoms with Gasteiger partial charge in [0, 0.05) is 6.42 Å². The van der Waals surface area contributed by atoms with E-state index in [1.807, 2.05) is 6.92 Å². The summed E-state index contributed by atoms with van der Waals surface area (Å²) in [5, 5.41) is 1.54. The molecule has 17 heavy (non-hydrogen) atoms. The van der Waals surface area contributed by atoms with Crippen LogP contribution < -0.4 is 0 Å². The maximum atomic E-state index is 12.0. The fourth-order valence-corrected chi connectivity index (χ4v) is 2.39. The van der Waals surface area contributed by atoms with Gasteiger partial charge in [-0.15, -0.1) is 0 Å². The third-order valence-electron chi connectivity index (χ3n) is 3.30. The predicted molar refractivity (Wildman–Crippen MR) is 69.4 cm³/mol. The van der Waals surface area contributed by atoms with E-state index in [2.05, 4.69) is 13.0 Å². The molecule has 1 atom stereocenters. The molecule has 1 amide bonds. The first-order chi connectivity index (χ1) is 8.15. The summed E-state index contributed by atoms with van der Waals surface area (Å²) in [6.45, 7) is 4.19. The molecule has 1 aliphatic rings. The number of carbonyl (C=O) groups is 1. The van der Waals surface area contributed by atoms with Gasteiger partial charge in [0.15, 0.2) is 0 Å². The van der Waals surface area contributed by atoms with Crippen LogP contribution in [0.4, 0.5) is 0 Å². The number of allylic oxidation sites excluding steroid dienone is 1. The minimum atomic E-state index is 0.119. The van der Waals surface area contributed by atoms with E-state index in [4.69, 9.17) is 4.84 Å². The van der Waals surface area contributed by atoms with E-state index in [0.717, 1.165) is 19.3 Å². The van der Waals surface area contributed by atoms with Crippen molar-refractivity contribution in [3.05, 3.63) is 11.6 Å². The number of nitrogens with zero attached hydrogens (tertiary/aromatic N) is 1. The summed E-state index contributed by atoms with van der Waals surface area (Å²) in [5.74, 6) is 0.119.